The number of carboxylic acid groups (broad SMARTS) is 1. The minimum atomic E-state index is -1.10. The standard InChI is InChI=1S/C11H9ClN4O2/c12-9-5-10(14-6-13-9)15-7-1-3-8(4-2-7)16-11(17)18/h1-6,16H,(H,17,18)(H,13,14,15). The molecule has 1 amide bonds. The van der Waals surface area contributed by atoms with E-state index in [1.165, 1.54) is 6.33 Å². The summed E-state index contributed by atoms with van der Waals surface area (Å²) in [7, 11) is 0. The van der Waals surface area contributed by atoms with Crippen LogP contribution in [0.2, 0.25) is 5.15 Å². The molecule has 0 unspecified atom stereocenters. The summed E-state index contributed by atoms with van der Waals surface area (Å²) >= 11 is 5.73. The number of rotatable bonds is 3. The molecule has 0 saturated carbocycles. The molecule has 0 atom stereocenters. The molecule has 0 aliphatic rings. The van der Waals surface area contributed by atoms with Gasteiger partial charge in [0.15, 0.2) is 0 Å². The van der Waals surface area contributed by atoms with Crippen molar-refractivity contribution in [3.05, 3.63) is 41.8 Å². The van der Waals surface area contributed by atoms with Gasteiger partial charge in [0.2, 0.25) is 0 Å². The predicted molar refractivity (Wildman–Crippen MR) is 68.4 cm³/mol. The molecule has 0 aliphatic carbocycles. The lowest BCUT2D eigenvalue weighted by Crippen LogP contribution is -2.06. The van der Waals surface area contributed by atoms with E-state index in [9.17, 15) is 4.79 Å². The average Bonchev–Trinajstić information content (AvgIpc) is 2.31. The molecular formula is C11H9ClN4O2. The second-order valence-corrected chi connectivity index (χ2v) is 3.75. The molecule has 7 heteroatoms. The average molecular weight is 265 g/mol. The lowest BCUT2D eigenvalue weighted by atomic mass is 10.3. The van der Waals surface area contributed by atoms with Crippen molar-refractivity contribution in [2.45, 2.75) is 0 Å². The molecule has 0 bridgehead atoms. The monoisotopic (exact) mass is 264 g/mol. The Morgan fingerprint density at radius 2 is 1.83 bits per heavy atom. The van der Waals surface area contributed by atoms with Gasteiger partial charge in [0.1, 0.15) is 17.3 Å². The molecule has 2 aromatic rings. The second kappa shape index (κ2) is 5.33. The van der Waals surface area contributed by atoms with Crippen molar-refractivity contribution in [1.82, 2.24) is 9.97 Å². The van der Waals surface area contributed by atoms with Crippen molar-refractivity contribution in [3.8, 4) is 0 Å². The molecule has 18 heavy (non-hydrogen) atoms. The smallest absolute Gasteiger partial charge is 0.409 e. The van der Waals surface area contributed by atoms with E-state index in [-0.39, 0.29) is 0 Å². The Bertz CT molecular complexity index is 559. The summed E-state index contributed by atoms with van der Waals surface area (Å²) in [5.41, 5.74) is 1.26. The van der Waals surface area contributed by atoms with Crippen LogP contribution in [-0.2, 0) is 0 Å². The number of halogens is 1. The molecule has 2 rings (SSSR count). The molecule has 1 heterocycles. The summed E-state index contributed by atoms with van der Waals surface area (Å²) in [5.74, 6) is 0.564. The molecule has 0 spiro atoms. The highest BCUT2D eigenvalue weighted by Gasteiger charge is 2.00. The van der Waals surface area contributed by atoms with E-state index in [1.807, 2.05) is 0 Å². The summed E-state index contributed by atoms with van der Waals surface area (Å²) in [5, 5.41) is 14.1. The summed E-state index contributed by atoms with van der Waals surface area (Å²) in [6.45, 7) is 0. The van der Waals surface area contributed by atoms with E-state index in [2.05, 4.69) is 20.6 Å². The minimum Gasteiger partial charge on any atom is -0.465 e. The summed E-state index contributed by atoms with van der Waals surface area (Å²) in [6, 6.07) is 8.31. The second-order valence-electron chi connectivity index (χ2n) is 3.36. The van der Waals surface area contributed by atoms with Crippen molar-refractivity contribution >= 4 is 34.9 Å². The van der Waals surface area contributed by atoms with Crippen molar-refractivity contribution < 1.29 is 9.90 Å². The molecule has 0 fully saturated rings. The van der Waals surface area contributed by atoms with Crippen LogP contribution in [0.3, 0.4) is 0 Å². The lowest BCUT2D eigenvalue weighted by Gasteiger charge is -2.06. The lowest BCUT2D eigenvalue weighted by molar-refractivity contribution is 0.210. The first-order valence-corrected chi connectivity index (χ1v) is 5.36. The summed E-state index contributed by atoms with van der Waals surface area (Å²) in [4.78, 5) is 18.2. The first-order valence-electron chi connectivity index (χ1n) is 4.98. The Morgan fingerprint density at radius 3 is 2.44 bits per heavy atom. The molecule has 0 radical (unpaired) electrons. The molecule has 3 N–H and O–H groups in total. The summed E-state index contributed by atoms with van der Waals surface area (Å²) in [6.07, 6.45) is 0.253. The third-order valence-electron chi connectivity index (χ3n) is 2.04. The van der Waals surface area contributed by atoms with E-state index >= 15 is 0 Å². The van der Waals surface area contributed by atoms with Crippen LogP contribution in [0.4, 0.5) is 22.0 Å². The molecule has 1 aromatic carbocycles. The zero-order valence-electron chi connectivity index (χ0n) is 9.09. The van der Waals surface area contributed by atoms with E-state index in [1.54, 1.807) is 30.3 Å². The fourth-order valence-corrected chi connectivity index (χ4v) is 1.46. The molecule has 1 aromatic heterocycles. The van der Waals surface area contributed by atoms with Crippen LogP contribution in [0.5, 0.6) is 0 Å². The predicted octanol–water partition coefficient (Wildman–Crippen LogP) is 2.96. The molecular weight excluding hydrogens is 256 g/mol. The Hall–Kier alpha value is -2.34. The molecule has 0 saturated heterocycles. The highest BCUT2D eigenvalue weighted by Crippen LogP contribution is 2.18. The van der Waals surface area contributed by atoms with Crippen LogP contribution in [-0.4, -0.2) is 21.2 Å². The summed E-state index contributed by atoms with van der Waals surface area (Å²) < 4.78 is 0. The van der Waals surface area contributed by atoms with Crippen LogP contribution in [0.1, 0.15) is 0 Å². The number of nitrogens with one attached hydrogen (secondary N) is 2. The molecule has 92 valence electrons. The van der Waals surface area contributed by atoms with Gasteiger partial charge in [-0.1, -0.05) is 11.6 Å². The van der Waals surface area contributed by atoms with Crippen molar-refractivity contribution in [2.75, 3.05) is 10.6 Å². The number of carbonyl (C=O) groups is 1. The van der Waals surface area contributed by atoms with Gasteiger partial charge in [-0.15, -0.1) is 0 Å². The van der Waals surface area contributed by atoms with E-state index in [0.717, 1.165) is 5.69 Å². The van der Waals surface area contributed by atoms with Gasteiger partial charge in [0.05, 0.1) is 0 Å². The quantitative estimate of drug-likeness (QED) is 0.742. The maximum atomic E-state index is 10.4. The van der Waals surface area contributed by atoms with Gasteiger partial charge in [-0.2, -0.15) is 0 Å². The minimum absolute atomic E-state index is 0.344. The largest absolute Gasteiger partial charge is 0.465 e. The number of anilines is 3. The van der Waals surface area contributed by atoms with Crippen molar-refractivity contribution in [2.24, 2.45) is 0 Å². The van der Waals surface area contributed by atoms with Crippen molar-refractivity contribution in [3.63, 3.8) is 0 Å². The Balaban J connectivity index is 2.08. The first kappa shape index (κ1) is 12.1. The Labute approximate surface area is 108 Å². The van der Waals surface area contributed by atoms with E-state index in [0.29, 0.717) is 16.7 Å². The topological polar surface area (TPSA) is 87.1 Å². The SMILES string of the molecule is O=C(O)Nc1ccc(Nc2cc(Cl)ncn2)cc1. The zero-order chi connectivity index (χ0) is 13.0. The van der Waals surface area contributed by atoms with Gasteiger partial charge in [0, 0.05) is 17.4 Å². The van der Waals surface area contributed by atoms with Crippen LogP contribution in [0.15, 0.2) is 36.7 Å². The third-order valence-corrected chi connectivity index (χ3v) is 2.25. The number of aromatic nitrogens is 2. The van der Waals surface area contributed by atoms with Gasteiger partial charge in [-0.25, -0.2) is 14.8 Å². The highest BCUT2D eigenvalue weighted by atomic mass is 35.5. The van der Waals surface area contributed by atoms with Crippen LogP contribution in [0, 0.1) is 0 Å². The van der Waals surface area contributed by atoms with Gasteiger partial charge < -0.3 is 10.4 Å². The molecule has 6 nitrogen and oxygen atoms in total. The highest BCUT2D eigenvalue weighted by molar-refractivity contribution is 6.29. The Kier molecular flexibility index (Phi) is 3.59. The van der Waals surface area contributed by atoms with Gasteiger partial charge in [-0.3, -0.25) is 5.32 Å². The fourth-order valence-electron chi connectivity index (χ4n) is 1.31. The van der Waals surface area contributed by atoms with Gasteiger partial charge in [-0.05, 0) is 24.3 Å². The molecule has 0 aliphatic heterocycles. The number of benzene rings is 1. The normalized spacial score (nSPS) is 9.83. The van der Waals surface area contributed by atoms with Crippen LogP contribution >= 0.6 is 11.6 Å². The van der Waals surface area contributed by atoms with Gasteiger partial charge >= 0.3 is 6.09 Å². The van der Waals surface area contributed by atoms with Crippen LogP contribution in [0.25, 0.3) is 0 Å². The maximum Gasteiger partial charge on any atom is 0.409 e. The van der Waals surface area contributed by atoms with E-state index in [4.69, 9.17) is 16.7 Å². The number of hydrogen-bond donors (Lipinski definition) is 3. The van der Waals surface area contributed by atoms with Gasteiger partial charge in [0.25, 0.3) is 0 Å². The number of hydrogen-bond acceptors (Lipinski definition) is 4. The van der Waals surface area contributed by atoms with Crippen LogP contribution < -0.4 is 10.6 Å². The maximum absolute atomic E-state index is 10.4. The van der Waals surface area contributed by atoms with E-state index < -0.39 is 6.09 Å². The number of amides is 1. The fraction of sp³-hybridized carbons (Fsp3) is 0. The zero-order valence-corrected chi connectivity index (χ0v) is 9.85. The third kappa shape index (κ3) is 3.33. The number of nitrogens with zero attached hydrogens (tertiary/aromatic N) is 2. The van der Waals surface area contributed by atoms with Crippen molar-refractivity contribution in [1.29, 1.82) is 0 Å². The Morgan fingerprint density at radius 1 is 1.17 bits per heavy atom. The first-order chi connectivity index (χ1) is 8.63.